The summed E-state index contributed by atoms with van der Waals surface area (Å²) in [7, 11) is 0. The van der Waals surface area contributed by atoms with Crippen LogP contribution in [0.25, 0.3) is 0 Å². The lowest BCUT2D eigenvalue weighted by Crippen LogP contribution is -2.32. The van der Waals surface area contributed by atoms with Crippen molar-refractivity contribution in [1.29, 1.82) is 0 Å². The zero-order valence-corrected chi connectivity index (χ0v) is 22.8. The lowest BCUT2D eigenvalue weighted by Gasteiger charge is -2.26. The molecule has 3 rings (SSSR count). The summed E-state index contributed by atoms with van der Waals surface area (Å²) in [5, 5.41) is 7.26. The fraction of sp³-hybridized carbons (Fsp3) is 0.750. The Labute approximate surface area is 221 Å². The third kappa shape index (κ3) is 14.5. The highest BCUT2D eigenvalue weighted by Crippen LogP contribution is 2.10. The number of benzene rings is 1. The smallest absolute Gasteiger partial charge is 0.0205 e. The van der Waals surface area contributed by atoms with Crippen molar-refractivity contribution < 1.29 is 0 Å². The Bertz CT molecular complexity index is 495. The molecule has 2 N–H and O–H groups in total. The van der Waals surface area contributed by atoms with Crippen LogP contribution in [0.3, 0.4) is 0 Å². The molecule has 0 atom stereocenters. The fourth-order valence-electron chi connectivity index (χ4n) is 4.54. The molecule has 8 heteroatoms. The number of hydrogen-bond acceptors (Lipinski definition) is 4. The van der Waals surface area contributed by atoms with E-state index in [1.807, 2.05) is 0 Å². The van der Waals surface area contributed by atoms with E-state index in [0.29, 0.717) is 0 Å². The van der Waals surface area contributed by atoms with Gasteiger partial charge in [-0.05, 0) is 102 Å². The Kier molecular flexibility index (Phi) is 23.4. The largest absolute Gasteiger partial charge is 0.313 e. The normalized spacial score (nSPS) is 16.8. The van der Waals surface area contributed by atoms with Gasteiger partial charge >= 0.3 is 0 Å². The minimum absolute atomic E-state index is 0. The SMILES string of the molecule is Cl.Cl.Cl.Cl.c1cc(CNCCCN2CCCCC2)cc(CNCCCN2CCCCC2)c1. The number of halogens is 4. The second kappa shape index (κ2) is 21.7. The predicted molar refractivity (Wildman–Crippen MR) is 149 cm³/mol. The first-order valence-corrected chi connectivity index (χ1v) is 11.8. The van der Waals surface area contributed by atoms with Gasteiger partial charge < -0.3 is 20.4 Å². The van der Waals surface area contributed by atoms with E-state index in [2.05, 4.69) is 44.7 Å². The molecule has 2 aliphatic heterocycles. The molecule has 0 aromatic heterocycles. The van der Waals surface area contributed by atoms with Gasteiger partial charge in [-0.3, -0.25) is 0 Å². The van der Waals surface area contributed by atoms with E-state index in [4.69, 9.17) is 0 Å². The van der Waals surface area contributed by atoms with E-state index < -0.39 is 0 Å². The van der Waals surface area contributed by atoms with Crippen molar-refractivity contribution >= 4 is 49.6 Å². The summed E-state index contributed by atoms with van der Waals surface area (Å²) in [4.78, 5) is 5.26. The van der Waals surface area contributed by atoms with Crippen LogP contribution in [0.5, 0.6) is 0 Å². The monoisotopic (exact) mass is 530 g/mol. The number of rotatable bonds is 12. The van der Waals surface area contributed by atoms with Crippen LogP contribution < -0.4 is 10.6 Å². The zero-order valence-electron chi connectivity index (χ0n) is 19.6. The lowest BCUT2D eigenvalue weighted by atomic mass is 10.1. The van der Waals surface area contributed by atoms with Gasteiger partial charge in [0.1, 0.15) is 0 Å². The third-order valence-corrected chi connectivity index (χ3v) is 6.20. The first-order chi connectivity index (χ1) is 13.9. The first kappa shape index (κ1) is 34.4. The molecular weight excluding hydrogens is 486 g/mol. The maximum Gasteiger partial charge on any atom is 0.0205 e. The molecular formula is C24H46Cl4N4. The van der Waals surface area contributed by atoms with Crippen LogP contribution in [0.15, 0.2) is 24.3 Å². The van der Waals surface area contributed by atoms with Gasteiger partial charge in [0.15, 0.2) is 0 Å². The van der Waals surface area contributed by atoms with E-state index >= 15 is 0 Å². The van der Waals surface area contributed by atoms with E-state index in [1.54, 1.807) is 0 Å². The number of piperidine rings is 2. The summed E-state index contributed by atoms with van der Waals surface area (Å²) in [6.45, 7) is 12.0. The molecule has 0 radical (unpaired) electrons. The molecule has 2 saturated heterocycles. The van der Waals surface area contributed by atoms with Gasteiger partial charge in [-0.15, -0.1) is 49.6 Å². The highest BCUT2D eigenvalue weighted by Gasteiger charge is 2.09. The predicted octanol–water partition coefficient (Wildman–Crippen LogP) is 5.31. The van der Waals surface area contributed by atoms with Gasteiger partial charge in [-0.1, -0.05) is 37.1 Å². The topological polar surface area (TPSA) is 30.5 Å². The van der Waals surface area contributed by atoms with Crippen LogP contribution in [0, 0.1) is 0 Å². The molecule has 0 bridgehead atoms. The van der Waals surface area contributed by atoms with E-state index in [1.165, 1.54) is 102 Å². The van der Waals surface area contributed by atoms with Crippen molar-refractivity contribution in [3.8, 4) is 0 Å². The highest BCUT2D eigenvalue weighted by molar-refractivity contribution is 5.86. The molecule has 0 unspecified atom stereocenters. The van der Waals surface area contributed by atoms with E-state index in [-0.39, 0.29) is 49.6 Å². The van der Waals surface area contributed by atoms with Gasteiger partial charge in [0, 0.05) is 13.1 Å². The molecule has 0 spiro atoms. The van der Waals surface area contributed by atoms with Crippen molar-refractivity contribution in [2.75, 3.05) is 52.4 Å². The van der Waals surface area contributed by atoms with Crippen molar-refractivity contribution in [3.63, 3.8) is 0 Å². The maximum atomic E-state index is 3.63. The minimum Gasteiger partial charge on any atom is -0.313 e. The molecule has 2 fully saturated rings. The summed E-state index contributed by atoms with van der Waals surface area (Å²) in [6, 6.07) is 9.06. The van der Waals surface area contributed by atoms with Gasteiger partial charge in [0.2, 0.25) is 0 Å². The Morgan fingerprint density at radius 3 is 1.41 bits per heavy atom. The van der Waals surface area contributed by atoms with Gasteiger partial charge in [-0.25, -0.2) is 0 Å². The summed E-state index contributed by atoms with van der Waals surface area (Å²) in [6.07, 6.45) is 11.0. The molecule has 0 aliphatic carbocycles. The summed E-state index contributed by atoms with van der Waals surface area (Å²) >= 11 is 0. The van der Waals surface area contributed by atoms with Crippen molar-refractivity contribution in [3.05, 3.63) is 35.4 Å². The van der Waals surface area contributed by atoms with Crippen LogP contribution >= 0.6 is 49.6 Å². The molecule has 4 nitrogen and oxygen atoms in total. The summed E-state index contributed by atoms with van der Waals surface area (Å²) < 4.78 is 0. The van der Waals surface area contributed by atoms with E-state index in [0.717, 1.165) is 26.2 Å². The molecule has 32 heavy (non-hydrogen) atoms. The maximum absolute atomic E-state index is 3.63. The van der Waals surface area contributed by atoms with Gasteiger partial charge in [-0.2, -0.15) is 0 Å². The average Bonchev–Trinajstić information content (AvgIpc) is 2.75. The Balaban J connectivity index is 0. The second-order valence-corrected chi connectivity index (χ2v) is 8.69. The number of nitrogens with one attached hydrogen (secondary N) is 2. The fourth-order valence-corrected chi connectivity index (χ4v) is 4.54. The summed E-state index contributed by atoms with van der Waals surface area (Å²) in [5.74, 6) is 0. The number of hydrogen-bond donors (Lipinski definition) is 2. The number of nitrogens with zero attached hydrogens (tertiary/aromatic N) is 2. The van der Waals surface area contributed by atoms with Crippen LogP contribution in [0.2, 0.25) is 0 Å². The second-order valence-electron chi connectivity index (χ2n) is 8.69. The first-order valence-electron chi connectivity index (χ1n) is 11.8. The van der Waals surface area contributed by atoms with Crippen molar-refractivity contribution in [1.82, 2.24) is 20.4 Å². The Morgan fingerprint density at radius 1 is 0.594 bits per heavy atom. The summed E-state index contributed by atoms with van der Waals surface area (Å²) in [5.41, 5.74) is 2.82. The van der Waals surface area contributed by atoms with Gasteiger partial charge in [0.05, 0.1) is 0 Å². The molecule has 1 aromatic rings. The Morgan fingerprint density at radius 2 is 1.00 bits per heavy atom. The molecule has 2 heterocycles. The third-order valence-electron chi connectivity index (χ3n) is 6.20. The quantitative estimate of drug-likeness (QED) is 0.358. The zero-order chi connectivity index (χ0) is 19.3. The number of likely N-dealkylation sites (tertiary alicyclic amines) is 2. The highest BCUT2D eigenvalue weighted by atomic mass is 35.5. The standard InChI is InChI=1S/C24H42N4.4ClH/c1-3-14-27(15-4-1)18-8-12-25-21-23-10-7-11-24(20-23)22-26-13-9-19-28-16-5-2-6-17-28;;;;/h7,10-11,20,25-26H,1-6,8-9,12-19,21-22H2;4*1H. The minimum atomic E-state index is 0. The molecule has 2 aliphatic rings. The van der Waals surface area contributed by atoms with Crippen LogP contribution in [-0.2, 0) is 13.1 Å². The van der Waals surface area contributed by atoms with E-state index in [9.17, 15) is 0 Å². The van der Waals surface area contributed by atoms with Crippen LogP contribution in [0.4, 0.5) is 0 Å². The average molecular weight is 532 g/mol. The lowest BCUT2D eigenvalue weighted by molar-refractivity contribution is 0.225. The van der Waals surface area contributed by atoms with Crippen LogP contribution in [0.1, 0.15) is 62.5 Å². The van der Waals surface area contributed by atoms with Gasteiger partial charge in [0.25, 0.3) is 0 Å². The Hall–Kier alpha value is 0.220. The van der Waals surface area contributed by atoms with Crippen molar-refractivity contribution in [2.24, 2.45) is 0 Å². The van der Waals surface area contributed by atoms with Crippen molar-refractivity contribution in [2.45, 2.75) is 64.5 Å². The molecule has 0 amide bonds. The molecule has 190 valence electrons. The molecule has 1 aromatic carbocycles. The molecule has 0 saturated carbocycles. The van der Waals surface area contributed by atoms with Crippen LogP contribution in [-0.4, -0.2) is 62.2 Å².